The zero-order chi connectivity index (χ0) is 9.35. The van der Waals surface area contributed by atoms with E-state index >= 15 is 0 Å². The Labute approximate surface area is 84.3 Å². The molecule has 5 heteroatoms. The Balaban J connectivity index is 0.00000144. The molecule has 1 aromatic carbocycles. The highest BCUT2D eigenvalue weighted by Crippen LogP contribution is 2.16. The molecule has 13 heavy (non-hydrogen) atoms. The van der Waals surface area contributed by atoms with E-state index < -0.39 is 9.84 Å². The molecule has 0 heterocycles. The Hall–Kier alpha value is -0.740. The highest BCUT2D eigenvalue weighted by atomic mass is 35.5. The molecule has 0 saturated heterocycles. The molecule has 0 spiro atoms. The number of benzene rings is 1. The lowest BCUT2D eigenvalue weighted by atomic mass is 10.2. The van der Waals surface area contributed by atoms with Crippen molar-refractivity contribution >= 4 is 27.9 Å². The predicted octanol–water partition coefficient (Wildman–Crippen LogP) is 1.40. The van der Waals surface area contributed by atoms with Crippen LogP contribution in [0.3, 0.4) is 0 Å². The third kappa shape index (κ3) is 2.90. The monoisotopic (exact) mass is 221 g/mol. The number of halogens is 1. The lowest BCUT2D eigenvalue weighted by Gasteiger charge is -2.02. The van der Waals surface area contributed by atoms with Gasteiger partial charge >= 0.3 is 0 Å². The summed E-state index contributed by atoms with van der Waals surface area (Å²) in [7, 11) is -3.12. The summed E-state index contributed by atoms with van der Waals surface area (Å²) in [6, 6.07) is 4.73. The van der Waals surface area contributed by atoms with Gasteiger partial charge in [0.25, 0.3) is 0 Å². The van der Waals surface area contributed by atoms with Gasteiger partial charge < -0.3 is 5.73 Å². The molecule has 0 fully saturated rings. The molecule has 74 valence electrons. The molecule has 2 N–H and O–H groups in total. The summed E-state index contributed by atoms with van der Waals surface area (Å²) in [6.45, 7) is 1.83. The van der Waals surface area contributed by atoms with Crippen LogP contribution in [0.2, 0.25) is 0 Å². The number of rotatable bonds is 1. The third-order valence-electron chi connectivity index (χ3n) is 1.68. The highest BCUT2D eigenvalue weighted by Gasteiger charge is 2.07. The molecule has 0 atom stereocenters. The second-order valence-electron chi connectivity index (χ2n) is 2.79. The number of sulfone groups is 1. The van der Waals surface area contributed by atoms with Crippen molar-refractivity contribution in [2.75, 3.05) is 12.0 Å². The van der Waals surface area contributed by atoms with Gasteiger partial charge in [0.15, 0.2) is 9.84 Å². The summed E-state index contributed by atoms with van der Waals surface area (Å²) in [5.74, 6) is 0. The van der Waals surface area contributed by atoms with E-state index in [1.807, 2.05) is 6.92 Å². The van der Waals surface area contributed by atoms with Crippen LogP contribution in [0.4, 0.5) is 5.69 Å². The Morgan fingerprint density at radius 2 is 1.85 bits per heavy atom. The van der Waals surface area contributed by atoms with Gasteiger partial charge in [0.2, 0.25) is 0 Å². The van der Waals surface area contributed by atoms with Crippen LogP contribution < -0.4 is 5.73 Å². The topological polar surface area (TPSA) is 60.2 Å². The Morgan fingerprint density at radius 3 is 2.23 bits per heavy atom. The van der Waals surface area contributed by atoms with E-state index in [0.29, 0.717) is 5.69 Å². The average molecular weight is 222 g/mol. The van der Waals surface area contributed by atoms with Crippen molar-refractivity contribution < 1.29 is 8.42 Å². The summed E-state index contributed by atoms with van der Waals surface area (Å²) in [5.41, 5.74) is 6.96. The lowest BCUT2D eigenvalue weighted by Crippen LogP contribution is -1.99. The number of nitrogens with two attached hydrogens (primary N) is 1. The van der Waals surface area contributed by atoms with E-state index in [-0.39, 0.29) is 17.3 Å². The molecule has 0 aliphatic rings. The van der Waals surface area contributed by atoms with Crippen molar-refractivity contribution in [3.63, 3.8) is 0 Å². The fraction of sp³-hybridized carbons (Fsp3) is 0.250. The smallest absolute Gasteiger partial charge is 0.175 e. The predicted molar refractivity (Wildman–Crippen MR) is 55.9 cm³/mol. The first-order valence-corrected chi connectivity index (χ1v) is 5.36. The van der Waals surface area contributed by atoms with Crippen molar-refractivity contribution in [3.8, 4) is 0 Å². The molecule has 0 amide bonds. The molecule has 1 aromatic rings. The van der Waals surface area contributed by atoms with Crippen LogP contribution in [0.1, 0.15) is 5.56 Å². The minimum absolute atomic E-state index is 0. The molecule has 3 nitrogen and oxygen atoms in total. The summed E-state index contributed by atoms with van der Waals surface area (Å²) in [4.78, 5) is 0.269. The van der Waals surface area contributed by atoms with Crippen LogP contribution in [0.5, 0.6) is 0 Å². The van der Waals surface area contributed by atoms with Crippen LogP contribution in [-0.2, 0) is 9.84 Å². The third-order valence-corrected chi connectivity index (χ3v) is 2.79. The highest BCUT2D eigenvalue weighted by molar-refractivity contribution is 7.90. The first-order chi connectivity index (χ1) is 5.41. The number of hydrogen-bond acceptors (Lipinski definition) is 3. The molecular weight excluding hydrogens is 210 g/mol. The van der Waals surface area contributed by atoms with Gasteiger partial charge in [-0.05, 0) is 24.6 Å². The van der Waals surface area contributed by atoms with Crippen molar-refractivity contribution in [1.82, 2.24) is 0 Å². The van der Waals surface area contributed by atoms with Gasteiger partial charge in [-0.1, -0.05) is 6.07 Å². The molecule has 0 aliphatic carbocycles. The van der Waals surface area contributed by atoms with Gasteiger partial charge in [0.1, 0.15) is 0 Å². The summed E-state index contributed by atoms with van der Waals surface area (Å²) in [6.07, 6.45) is 1.16. The van der Waals surface area contributed by atoms with Gasteiger partial charge in [-0.2, -0.15) is 0 Å². The summed E-state index contributed by atoms with van der Waals surface area (Å²) in [5, 5.41) is 0. The second kappa shape index (κ2) is 3.98. The normalized spacial score (nSPS) is 10.6. The van der Waals surface area contributed by atoms with Crippen molar-refractivity contribution in [2.24, 2.45) is 0 Å². The van der Waals surface area contributed by atoms with Gasteiger partial charge in [0, 0.05) is 11.9 Å². The molecule has 0 bridgehead atoms. The van der Waals surface area contributed by atoms with Crippen molar-refractivity contribution in [3.05, 3.63) is 23.8 Å². The maximum atomic E-state index is 11.0. The molecule has 0 aromatic heterocycles. The SMILES string of the molecule is Cc1ccc(S(C)(=O)=O)cc1N.Cl. The van der Waals surface area contributed by atoms with E-state index in [1.165, 1.54) is 6.07 Å². The fourth-order valence-electron chi connectivity index (χ4n) is 0.849. The lowest BCUT2D eigenvalue weighted by molar-refractivity contribution is 0.602. The maximum Gasteiger partial charge on any atom is 0.175 e. The van der Waals surface area contributed by atoms with Crippen LogP contribution >= 0.6 is 12.4 Å². The zero-order valence-corrected chi connectivity index (χ0v) is 9.08. The van der Waals surface area contributed by atoms with E-state index in [0.717, 1.165) is 11.8 Å². The van der Waals surface area contributed by atoms with Crippen LogP contribution in [0.15, 0.2) is 23.1 Å². The summed E-state index contributed by atoms with van der Waals surface area (Å²) >= 11 is 0. The van der Waals surface area contributed by atoms with Gasteiger partial charge in [0.05, 0.1) is 4.90 Å². The second-order valence-corrected chi connectivity index (χ2v) is 4.81. The average Bonchev–Trinajstić information content (AvgIpc) is 1.92. The Morgan fingerprint density at radius 1 is 1.31 bits per heavy atom. The fourth-order valence-corrected chi connectivity index (χ4v) is 1.51. The molecule has 0 saturated carbocycles. The number of anilines is 1. The van der Waals surface area contributed by atoms with Crippen LogP contribution in [0, 0.1) is 6.92 Å². The van der Waals surface area contributed by atoms with E-state index in [2.05, 4.69) is 0 Å². The van der Waals surface area contributed by atoms with E-state index in [4.69, 9.17) is 5.73 Å². The van der Waals surface area contributed by atoms with Gasteiger partial charge in [-0.3, -0.25) is 0 Å². The van der Waals surface area contributed by atoms with Gasteiger partial charge in [-0.15, -0.1) is 12.4 Å². The minimum Gasteiger partial charge on any atom is -0.398 e. The molecule has 0 unspecified atom stereocenters. The van der Waals surface area contributed by atoms with Crippen molar-refractivity contribution in [2.45, 2.75) is 11.8 Å². The quantitative estimate of drug-likeness (QED) is 0.730. The van der Waals surface area contributed by atoms with Crippen LogP contribution in [0.25, 0.3) is 0 Å². The zero-order valence-electron chi connectivity index (χ0n) is 7.44. The Kier molecular flexibility index (Phi) is 3.75. The standard InChI is InChI=1S/C8H11NO2S.ClH/c1-6-3-4-7(5-8(6)9)12(2,10)11;/h3-5H,9H2,1-2H3;1H. The van der Waals surface area contributed by atoms with Crippen molar-refractivity contribution in [1.29, 1.82) is 0 Å². The number of nitrogen functional groups attached to an aromatic ring is 1. The number of hydrogen-bond donors (Lipinski definition) is 1. The molecule has 0 aliphatic heterocycles. The van der Waals surface area contributed by atoms with E-state index in [1.54, 1.807) is 12.1 Å². The molecule has 1 rings (SSSR count). The first-order valence-electron chi connectivity index (χ1n) is 3.47. The molecular formula is C8H12ClNO2S. The van der Waals surface area contributed by atoms with E-state index in [9.17, 15) is 8.42 Å². The largest absolute Gasteiger partial charge is 0.398 e. The minimum atomic E-state index is -3.12. The van der Waals surface area contributed by atoms with Gasteiger partial charge in [-0.25, -0.2) is 8.42 Å². The van der Waals surface area contributed by atoms with Crippen LogP contribution in [-0.4, -0.2) is 14.7 Å². The maximum absolute atomic E-state index is 11.0. The molecule has 0 radical (unpaired) electrons. The summed E-state index contributed by atoms with van der Waals surface area (Å²) < 4.78 is 22.1. The first kappa shape index (κ1) is 12.3. The Bertz CT molecular complexity index is 401. The number of aryl methyl sites for hydroxylation is 1.